The number of aryl methyl sites for hydroxylation is 2. The first kappa shape index (κ1) is 20.7. The molecule has 0 radical (unpaired) electrons. The highest BCUT2D eigenvalue weighted by molar-refractivity contribution is 6.46. The van der Waals surface area contributed by atoms with E-state index in [1.165, 1.54) is 36.3 Å². The van der Waals surface area contributed by atoms with E-state index < -0.39 is 23.5 Å². The number of carbonyl (C=O) groups is 2. The third-order valence-electron chi connectivity index (χ3n) is 5.57. The molecule has 160 valence electrons. The predicted octanol–water partition coefficient (Wildman–Crippen LogP) is 3.16. The molecule has 1 saturated heterocycles. The van der Waals surface area contributed by atoms with Gasteiger partial charge in [-0.1, -0.05) is 18.2 Å². The van der Waals surface area contributed by atoms with Crippen LogP contribution in [-0.2, 0) is 14.3 Å². The van der Waals surface area contributed by atoms with Gasteiger partial charge in [0.15, 0.2) is 5.76 Å². The van der Waals surface area contributed by atoms with Crippen molar-refractivity contribution in [3.8, 4) is 0 Å². The molecule has 1 unspecified atom stereocenters. The summed E-state index contributed by atoms with van der Waals surface area (Å²) in [6.07, 6.45) is 1.82. The van der Waals surface area contributed by atoms with Crippen LogP contribution in [0.15, 0.2) is 48.2 Å². The number of ether oxygens (including phenoxy) is 1. The largest absolute Gasteiger partial charge is 0.505 e. The highest BCUT2D eigenvalue weighted by atomic mass is 19.1. The van der Waals surface area contributed by atoms with Crippen molar-refractivity contribution in [2.45, 2.75) is 19.9 Å². The number of benzene rings is 1. The Balaban J connectivity index is 1.93. The van der Waals surface area contributed by atoms with Crippen LogP contribution < -0.4 is 0 Å². The average Bonchev–Trinajstić information content (AvgIpc) is 3.22. The van der Waals surface area contributed by atoms with Gasteiger partial charge in [0.25, 0.3) is 11.7 Å². The molecular weight excluding hydrogens is 401 g/mol. The van der Waals surface area contributed by atoms with Gasteiger partial charge < -0.3 is 19.1 Å². The number of methoxy groups -OCH3 is 1. The summed E-state index contributed by atoms with van der Waals surface area (Å²) in [5.41, 5.74) is 2.85. The topological polar surface area (TPSA) is 84.1 Å². The predicted molar refractivity (Wildman–Crippen MR) is 112 cm³/mol. The molecule has 0 saturated carbocycles. The Morgan fingerprint density at radius 3 is 2.55 bits per heavy atom. The number of amides is 1. The molecule has 1 aliphatic rings. The fraction of sp³-hybridized carbons (Fsp3) is 0.261. The van der Waals surface area contributed by atoms with Crippen LogP contribution in [0.3, 0.4) is 0 Å². The summed E-state index contributed by atoms with van der Waals surface area (Å²) >= 11 is 0. The number of aromatic nitrogens is 2. The van der Waals surface area contributed by atoms with Crippen LogP contribution in [0.4, 0.5) is 4.39 Å². The molecule has 3 heterocycles. The number of rotatable bonds is 5. The molecule has 8 heteroatoms. The first-order valence-corrected chi connectivity index (χ1v) is 9.82. The summed E-state index contributed by atoms with van der Waals surface area (Å²) < 4.78 is 20.4. The average molecular weight is 423 g/mol. The van der Waals surface area contributed by atoms with E-state index in [-0.39, 0.29) is 30.2 Å². The Labute approximate surface area is 178 Å². The molecule has 1 fully saturated rings. The van der Waals surface area contributed by atoms with Crippen molar-refractivity contribution in [1.82, 2.24) is 14.3 Å². The number of Topliss-reactive ketones (excluding diaryl/α,β-unsaturated/α-hetero) is 1. The van der Waals surface area contributed by atoms with Crippen LogP contribution in [0.25, 0.3) is 11.4 Å². The number of halogens is 1. The number of aliphatic hydroxyl groups is 1. The maximum atomic E-state index is 13.5. The Bertz CT molecular complexity index is 1210. The zero-order valence-corrected chi connectivity index (χ0v) is 17.4. The normalized spacial score (nSPS) is 18.3. The lowest BCUT2D eigenvalue weighted by Gasteiger charge is -2.24. The van der Waals surface area contributed by atoms with Crippen molar-refractivity contribution < 1.29 is 23.8 Å². The number of aliphatic hydroxyl groups excluding tert-OH is 1. The van der Waals surface area contributed by atoms with Crippen molar-refractivity contribution in [2.75, 3.05) is 20.3 Å². The third-order valence-corrected chi connectivity index (χ3v) is 5.57. The number of pyridine rings is 1. The third kappa shape index (κ3) is 3.38. The summed E-state index contributed by atoms with van der Waals surface area (Å²) in [5, 5.41) is 11.2. The SMILES string of the molecule is COCCN1C(=O)C(=O)/C(=C(/O)c2nc3c(C)cccn3c2C)C1c1ccc(F)cc1. The van der Waals surface area contributed by atoms with E-state index in [0.29, 0.717) is 16.9 Å². The first-order valence-electron chi connectivity index (χ1n) is 9.82. The van der Waals surface area contributed by atoms with Gasteiger partial charge in [0, 0.05) is 19.9 Å². The smallest absolute Gasteiger partial charge is 0.295 e. The van der Waals surface area contributed by atoms with E-state index in [0.717, 1.165) is 5.56 Å². The number of carbonyl (C=O) groups excluding carboxylic acids is 2. The van der Waals surface area contributed by atoms with Gasteiger partial charge in [-0.25, -0.2) is 9.37 Å². The van der Waals surface area contributed by atoms with Gasteiger partial charge in [0.2, 0.25) is 0 Å². The molecule has 3 aromatic rings. The zero-order chi connectivity index (χ0) is 22.3. The Morgan fingerprint density at radius 2 is 1.90 bits per heavy atom. The Kier molecular flexibility index (Phi) is 5.32. The van der Waals surface area contributed by atoms with Crippen molar-refractivity contribution in [3.63, 3.8) is 0 Å². The molecule has 31 heavy (non-hydrogen) atoms. The van der Waals surface area contributed by atoms with E-state index >= 15 is 0 Å². The van der Waals surface area contributed by atoms with Gasteiger partial charge in [-0.2, -0.15) is 0 Å². The van der Waals surface area contributed by atoms with Crippen molar-refractivity contribution in [3.05, 3.63) is 76.5 Å². The second kappa shape index (κ2) is 7.96. The molecule has 2 aromatic heterocycles. The molecule has 0 aliphatic carbocycles. The summed E-state index contributed by atoms with van der Waals surface area (Å²) in [5.74, 6) is -2.35. The molecule has 1 aliphatic heterocycles. The van der Waals surface area contributed by atoms with Gasteiger partial charge in [-0.3, -0.25) is 9.59 Å². The van der Waals surface area contributed by atoms with E-state index in [9.17, 15) is 19.1 Å². The van der Waals surface area contributed by atoms with Gasteiger partial charge >= 0.3 is 0 Å². The van der Waals surface area contributed by atoms with Gasteiger partial charge in [-0.05, 0) is 43.2 Å². The second-order valence-electron chi connectivity index (χ2n) is 7.47. The van der Waals surface area contributed by atoms with Crippen LogP contribution in [0.1, 0.15) is 28.6 Å². The quantitative estimate of drug-likeness (QED) is 0.387. The number of imidazole rings is 1. The Morgan fingerprint density at radius 1 is 1.19 bits per heavy atom. The lowest BCUT2D eigenvalue weighted by Crippen LogP contribution is -2.32. The van der Waals surface area contributed by atoms with Gasteiger partial charge in [0.05, 0.1) is 23.9 Å². The maximum absolute atomic E-state index is 13.5. The number of hydrogen-bond donors (Lipinski definition) is 1. The first-order chi connectivity index (χ1) is 14.8. The van der Waals surface area contributed by atoms with E-state index in [1.807, 2.05) is 29.7 Å². The minimum Gasteiger partial charge on any atom is -0.505 e. The van der Waals surface area contributed by atoms with Crippen LogP contribution in [-0.4, -0.2) is 51.3 Å². The number of likely N-dealkylation sites (tertiary alicyclic amines) is 1. The molecule has 0 spiro atoms. The number of ketones is 1. The van der Waals surface area contributed by atoms with Crippen LogP contribution in [0.5, 0.6) is 0 Å². The number of fused-ring (bicyclic) bond motifs is 1. The van der Waals surface area contributed by atoms with Crippen molar-refractivity contribution in [1.29, 1.82) is 0 Å². The van der Waals surface area contributed by atoms with Crippen molar-refractivity contribution >= 4 is 23.1 Å². The monoisotopic (exact) mass is 423 g/mol. The van der Waals surface area contributed by atoms with E-state index in [2.05, 4.69) is 4.98 Å². The highest BCUT2D eigenvalue weighted by Crippen LogP contribution is 2.39. The van der Waals surface area contributed by atoms with Gasteiger partial charge in [0.1, 0.15) is 17.2 Å². The lowest BCUT2D eigenvalue weighted by atomic mass is 9.96. The standard InChI is InChI=1S/C23H22FN3O4/c1-13-5-4-10-26-14(2)18(25-22(13)26)20(28)17-19(15-6-8-16(24)9-7-15)27(11-12-31-3)23(30)21(17)29/h4-10,19,28H,11-12H2,1-3H3/b20-17+. The minimum atomic E-state index is -0.874. The zero-order valence-electron chi connectivity index (χ0n) is 17.4. The Hall–Kier alpha value is -3.52. The lowest BCUT2D eigenvalue weighted by molar-refractivity contribution is -0.140. The molecule has 1 atom stereocenters. The number of hydrogen-bond acceptors (Lipinski definition) is 5. The molecule has 4 rings (SSSR count). The molecular formula is C23H22FN3O4. The fourth-order valence-corrected chi connectivity index (χ4v) is 3.97. The van der Waals surface area contributed by atoms with E-state index in [4.69, 9.17) is 4.74 Å². The van der Waals surface area contributed by atoms with Gasteiger partial charge in [-0.15, -0.1) is 0 Å². The molecule has 1 amide bonds. The van der Waals surface area contributed by atoms with Crippen LogP contribution in [0.2, 0.25) is 0 Å². The highest BCUT2D eigenvalue weighted by Gasteiger charge is 2.46. The minimum absolute atomic E-state index is 0.0723. The molecule has 0 bridgehead atoms. The molecule has 7 nitrogen and oxygen atoms in total. The summed E-state index contributed by atoms with van der Waals surface area (Å²) in [6, 6.07) is 8.40. The molecule has 1 N–H and O–H groups in total. The second-order valence-corrected chi connectivity index (χ2v) is 7.47. The summed E-state index contributed by atoms with van der Waals surface area (Å²) in [4.78, 5) is 31.6. The maximum Gasteiger partial charge on any atom is 0.295 e. The van der Waals surface area contributed by atoms with Crippen molar-refractivity contribution in [2.24, 2.45) is 0 Å². The summed E-state index contributed by atoms with van der Waals surface area (Å²) in [7, 11) is 1.49. The van der Waals surface area contributed by atoms with E-state index in [1.54, 1.807) is 6.92 Å². The van der Waals surface area contributed by atoms with Crippen LogP contribution in [0, 0.1) is 19.7 Å². The van der Waals surface area contributed by atoms with Crippen LogP contribution >= 0.6 is 0 Å². The summed E-state index contributed by atoms with van der Waals surface area (Å²) in [6.45, 7) is 4.02. The number of nitrogens with zero attached hydrogens (tertiary/aromatic N) is 3. The fourth-order valence-electron chi connectivity index (χ4n) is 3.97. The molecule has 1 aromatic carbocycles.